The lowest BCUT2D eigenvalue weighted by atomic mass is 9.86. The number of benzene rings is 1. The van der Waals surface area contributed by atoms with Crippen molar-refractivity contribution in [2.45, 2.75) is 58.8 Å². The molecule has 0 heterocycles. The first-order valence-corrected chi connectivity index (χ1v) is 8.32. The van der Waals surface area contributed by atoms with Crippen LogP contribution in [-0.4, -0.2) is 21.8 Å². The number of carbonyl (C=O) groups excluding carboxylic acids is 2. The molecule has 124 valence electrons. The standard InChI is InChI=1S/C19H24O4/c1-3-4-5-6-7-8-9-13-10-14-15(11-16(13)20)19(23)18(22)12(2)17(14)21/h10-11,20,22H,3-9H2,1-2H3. The molecule has 0 bridgehead atoms. The number of allylic oxidation sites excluding steroid dienone is 2. The van der Waals surface area contributed by atoms with E-state index < -0.39 is 11.5 Å². The highest BCUT2D eigenvalue weighted by Crippen LogP contribution is 2.31. The molecule has 0 saturated heterocycles. The van der Waals surface area contributed by atoms with Gasteiger partial charge in [-0.2, -0.15) is 0 Å². The monoisotopic (exact) mass is 316 g/mol. The van der Waals surface area contributed by atoms with E-state index in [1.807, 2.05) is 0 Å². The first-order chi connectivity index (χ1) is 11.0. The topological polar surface area (TPSA) is 74.6 Å². The molecule has 23 heavy (non-hydrogen) atoms. The number of phenols is 1. The Morgan fingerprint density at radius 2 is 1.48 bits per heavy atom. The van der Waals surface area contributed by atoms with Gasteiger partial charge in [0, 0.05) is 16.7 Å². The van der Waals surface area contributed by atoms with Crippen LogP contribution in [0, 0.1) is 0 Å². The number of hydrogen-bond acceptors (Lipinski definition) is 4. The zero-order valence-corrected chi connectivity index (χ0v) is 13.8. The van der Waals surface area contributed by atoms with Gasteiger partial charge in [-0.1, -0.05) is 39.0 Å². The summed E-state index contributed by atoms with van der Waals surface area (Å²) in [5.74, 6) is -1.45. The predicted octanol–water partition coefficient (Wildman–Crippen LogP) is 4.51. The van der Waals surface area contributed by atoms with Crippen LogP contribution in [0.15, 0.2) is 23.5 Å². The van der Waals surface area contributed by atoms with Crippen LogP contribution in [0.3, 0.4) is 0 Å². The third-order valence-electron chi connectivity index (χ3n) is 4.42. The van der Waals surface area contributed by atoms with Gasteiger partial charge < -0.3 is 10.2 Å². The van der Waals surface area contributed by atoms with Crippen molar-refractivity contribution in [2.24, 2.45) is 0 Å². The molecule has 0 aliphatic heterocycles. The number of ketones is 2. The summed E-state index contributed by atoms with van der Waals surface area (Å²) in [6, 6.07) is 2.91. The Labute approximate surface area is 136 Å². The number of carbonyl (C=O) groups is 2. The van der Waals surface area contributed by atoms with Crippen molar-refractivity contribution >= 4 is 11.6 Å². The Kier molecular flexibility index (Phi) is 5.59. The van der Waals surface area contributed by atoms with Crippen molar-refractivity contribution < 1.29 is 19.8 Å². The van der Waals surface area contributed by atoms with E-state index in [2.05, 4.69) is 6.92 Å². The summed E-state index contributed by atoms with van der Waals surface area (Å²) in [5, 5.41) is 19.8. The van der Waals surface area contributed by atoms with Crippen molar-refractivity contribution in [3.63, 3.8) is 0 Å². The average molecular weight is 316 g/mol. The van der Waals surface area contributed by atoms with Gasteiger partial charge in [-0.3, -0.25) is 9.59 Å². The third-order valence-corrected chi connectivity index (χ3v) is 4.42. The van der Waals surface area contributed by atoms with Crippen LogP contribution in [0.2, 0.25) is 0 Å². The highest BCUT2D eigenvalue weighted by molar-refractivity contribution is 6.26. The number of rotatable bonds is 7. The maximum Gasteiger partial charge on any atom is 0.228 e. The van der Waals surface area contributed by atoms with Gasteiger partial charge >= 0.3 is 0 Å². The second-order valence-electron chi connectivity index (χ2n) is 6.18. The Hall–Kier alpha value is -2.10. The number of hydrogen-bond donors (Lipinski definition) is 2. The summed E-state index contributed by atoms with van der Waals surface area (Å²) >= 11 is 0. The second-order valence-corrected chi connectivity index (χ2v) is 6.18. The van der Waals surface area contributed by atoms with Gasteiger partial charge in [-0.25, -0.2) is 0 Å². The first-order valence-electron chi connectivity index (χ1n) is 8.32. The Balaban J connectivity index is 2.11. The van der Waals surface area contributed by atoms with Crippen LogP contribution in [-0.2, 0) is 6.42 Å². The average Bonchev–Trinajstić information content (AvgIpc) is 2.55. The molecule has 0 amide bonds. The number of aromatic hydroxyl groups is 1. The molecule has 0 radical (unpaired) electrons. The van der Waals surface area contributed by atoms with Gasteiger partial charge in [0.05, 0.1) is 0 Å². The van der Waals surface area contributed by atoms with Crippen molar-refractivity contribution in [1.82, 2.24) is 0 Å². The molecule has 0 atom stereocenters. The Morgan fingerprint density at radius 1 is 0.870 bits per heavy atom. The summed E-state index contributed by atoms with van der Waals surface area (Å²) < 4.78 is 0. The molecular weight excluding hydrogens is 292 g/mol. The van der Waals surface area contributed by atoms with Crippen LogP contribution < -0.4 is 0 Å². The molecule has 0 spiro atoms. The zero-order valence-electron chi connectivity index (χ0n) is 13.8. The summed E-state index contributed by atoms with van der Waals surface area (Å²) in [6.07, 6.45) is 7.57. The molecule has 4 nitrogen and oxygen atoms in total. The van der Waals surface area contributed by atoms with Crippen molar-refractivity contribution in [2.75, 3.05) is 0 Å². The predicted molar refractivity (Wildman–Crippen MR) is 89.2 cm³/mol. The van der Waals surface area contributed by atoms with Crippen molar-refractivity contribution in [3.8, 4) is 5.75 Å². The SMILES string of the molecule is CCCCCCCCc1cc2c(cc1O)C(=O)C(O)=C(C)C2=O. The highest BCUT2D eigenvalue weighted by Gasteiger charge is 2.30. The van der Waals surface area contributed by atoms with E-state index in [9.17, 15) is 19.8 Å². The zero-order chi connectivity index (χ0) is 17.0. The molecule has 2 N–H and O–H groups in total. The van der Waals surface area contributed by atoms with E-state index in [1.165, 1.54) is 38.7 Å². The number of aliphatic hydroxyl groups is 1. The number of phenolic OH excluding ortho intramolecular Hbond substituents is 1. The number of fused-ring (bicyclic) bond motifs is 1. The van der Waals surface area contributed by atoms with Gasteiger partial charge in [0.1, 0.15) is 5.75 Å². The molecule has 0 fully saturated rings. The van der Waals surface area contributed by atoms with Gasteiger partial charge in [0.15, 0.2) is 11.5 Å². The van der Waals surface area contributed by atoms with Gasteiger partial charge in [-0.15, -0.1) is 0 Å². The highest BCUT2D eigenvalue weighted by atomic mass is 16.3. The molecule has 1 aromatic carbocycles. The van der Waals surface area contributed by atoms with E-state index in [0.717, 1.165) is 12.8 Å². The van der Waals surface area contributed by atoms with Gasteiger partial charge in [0.2, 0.25) is 5.78 Å². The summed E-state index contributed by atoms with van der Waals surface area (Å²) in [6.45, 7) is 3.62. The summed E-state index contributed by atoms with van der Waals surface area (Å²) in [5.41, 5.74) is 1.12. The van der Waals surface area contributed by atoms with E-state index >= 15 is 0 Å². The lowest BCUT2D eigenvalue weighted by Gasteiger charge is -2.17. The van der Waals surface area contributed by atoms with Crippen LogP contribution in [0.1, 0.15) is 78.7 Å². The lowest BCUT2D eigenvalue weighted by molar-refractivity contribution is 0.0929. The molecule has 1 aliphatic carbocycles. The lowest BCUT2D eigenvalue weighted by Crippen LogP contribution is -2.21. The smallest absolute Gasteiger partial charge is 0.228 e. The number of aryl methyl sites for hydroxylation is 1. The quantitative estimate of drug-likeness (QED) is 0.726. The number of aliphatic hydroxyl groups excluding tert-OH is 1. The van der Waals surface area contributed by atoms with Gasteiger partial charge in [0.25, 0.3) is 0 Å². The first kappa shape index (κ1) is 17.3. The maximum absolute atomic E-state index is 12.2. The van der Waals surface area contributed by atoms with Crippen LogP contribution in [0.25, 0.3) is 0 Å². The Morgan fingerprint density at radius 3 is 2.17 bits per heavy atom. The van der Waals surface area contributed by atoms with E-state index in [4.69, 9.17) is 0 Å². The summed E-state index contributed by atoms with van der Waals surface area (Å²) in [7, 11) is 0. The normalized spacial score (nSPS) is 14.3. The third kappa shape index (κ3) is 3.63. The second kappa shape index (κ2) is 7.44. The fourth-order valence-corrected chi connectivity index (χ4v) is 2.91. The summed E-state index contributed by atoms with van der Waals surface area (Å²) in [4.78, 5) is 24.3. The number of unbranched alkanes of at least 4 members (excludes halogenated alkanes) is 5. The molecule has 0 saturated carbocycles. The van der Waals surface area contributed by atoms with Crippen LogP contribution in [0.5, 0.6) is 5.75 Å². The van der Waals surface area contributed by atoms with E-state index in [-0.39, 0.29) is 28.2 Å². The van der Waals surface area contributed by atoms with Crippen molar-refractivity contribution in [3.05, 3.63) is 40.2 Å². The molecule has 4 heteroatoms. The van der Waals surface area contributed by atoms with E-state index in [0.29, 0.717) is 12.0 Å². The minimum atomic E-state index is -0.599. The molecule has 1 aliphatic rings. The van der Waals surface area contributed by atoms with E-state index in [1.54, 1.807) is 6.07 Å². The van der Waals surface area contributed by atoms with Crippen LogP contribution in [0.4, 0.5) is 0 Å². The van der Waals surface area contributed by atoms with Crippen LogP contribution >= 0.6 is 0 Å². The largest absolute Gasteiger partial charge is 0.508 e. The molecule has 0 aromatic heterocycles. The van der Waals surface area contributed by atoms with Crippen molar-refractivity contribution in [1.29, 1.82) is 0 Å². The number of Topliss-reactive ketones (excluding diaryl/α,β-unsaturated/α-hetero) is 2. The maximum atomic E-state index is 12.2. The minimum Gasteiger partial charge on any atom is -0.508 e. The molecular formula is C19H24O4. The molecule has 0 unspecified atom stereocenters. The Bertz CT molecular complexity index is 656. The van der Waals surface area contributed by atoms with Gasteiger partial charge in [-0.05, 0) is 37.5 Å². The minimum absolute atomic E-state index is 0.0193. The molecule has 2 rings (SSSR count). The fourth-order valence-electron chi connectivity index (χ4n) is 2.91. The fraction of sp³-hybridized carbons (Fsp3) is 0.474. The molecule has 1 aromatic rings.